The number of morpholine rings is 1. The smallest absolute Gasteiger partial charge is 0.127 e. The van der Waals surface area contributed by atoms with Crippen molar-refractivity contribution in [2.75, 3.05) is 32.8 Å². The van der Waals surface area contributed by atoms with E-state index < -0.39 is 5.60 Å². The van der Waals surface area contributed by atoms with Gasteiger partial charge in [-0.25, -0.2) is 4.39 Å². The van der Waals surface area contributed by atoms with Crippen LogP contribution in [0.4, 0.5) is 4.39 Å². The van der Waals surface area contributed by atoms with Crippen molar-refractivity contribution in [2.45, 2.75) is 5.60 Å². The zero-order chi connectivity index (χ0) is 19.4. The first-order chi connectivity index (χ1) is 13.6. The maximum Gasteiger partial charge on any atom is 0.127 e. The Kier molecular flexibility index (Phi) is 5.48. The minimum atomic E-state index is -1.23. The Morgan fingerprint density at radius 1 is 0.857 bits per heavy atom. The number of aliphatic hydroxyl groups is 1. The zero-order valence-corrected chi connectivity index (χ0v) is 15.6. The number of hydrogen-bond acceptors (Lipinski definition) is 4. The fraction of sp³-hybridized carbons (Fsp3) is 0.261. The van der Waals surface area contributed by atoms with Crippen LogP contribution in [0.3, 0.4) is 0 Å². The van der Waals surface area contributed by atoms with Gasteiger partial charge in [0, 0.05) is 32.0 Å². The summed E-state index contributed by atoms with van der Waals surface area (Å²) in [6.07, 6.45) is 3.52. The largest absolute Gasteiger partial charge is 0.379 e. The Labute approximate surface area is 164 Å². The third-order valence-corrected chi connectivity index (χ3v) is 5.25. The standard InChI is InChI=1S/C23H23FN2O2/c24-22-7-5-21(6-8-22)23(27,17-26-13-15-28-16-14-26)20-3-1-18(2-4-20)19-9-11-25-12-10-19/h1-12,27H,13-17H2. The van der Waals surface area contributed by atoms with E-state index in [4.69, 9.17) is 4.74 Å². The Hall–Kier alpha value is -2.60. The summed E-state index contributed by atoms with van der Waals surface area (Å²) >= 11 is 0. The van der Waals surface area contributed by atoms with Crippen molar-refractivity contribution in [3.8, 4) is 11.1 Å². The van der Waals surface area contributed by atoms with Gasteiger partial charge in [0.2, 0.25) is 0 Å². The second kappa shape index (κ2) is 8.19. The van der Waals surface area contributed by atoms with Crippen molar-refractivity contribution in [1.29, 1.82) is 0 Å². The van der Waals surface area contributed by atoms with Gasteiger partial charge in [-0.15, -0.1) is 0 Å². The average Bonchev–Trinajstić information content (AvgIpc) is 2.75. The second-order valence-electron chi connectivity index (χ2n) is 7.07. The summed E-state index contributed by atoms with van der Waals surface area (Å²) in [5.41, 5.74) is 2.35. The SMILES string of the molecule is OC(CN1CCOCC1)(c1ccc(F)cc1)c1ccc(-c2ccncc2)cc1. The van der Waals surface area contributed by atoms with Gasteiger partial charge in [0.15, 0.2) is 0 Å². The zero-order valence-electron chi connectivity index (χ0n) is 15.6. The number of halogens is 1. The highest BCUT2D eigenvalue weighted by Crippen LogP contribution is 2.32. The Bertz CT molecular complexity index is 894. The van der Waals surface area contributed by atoms with E-state index in [0.717, 1.165) is 29.8 Å². The van der Waals surface area contributed by atoms with E-state index in [0.29, 0.717) is 25.3 Å². The molecule has 144 valence electrons. The molecule has 0 radical (unpaired) electrons. The molecule has 3 aromatic rings. The third kappa shape index (κ3) is 3.97. The normalized spacial score (nSPS) is 17.2. The lowest BCUT2D eigenvalue weighted by atomic mass is 9.85. The van der Waals surface area contributed by atoms with Crippen LogP contribution in [-0.4, -0.2) is 47.8 Å². The third-order valence-electron chi connectivity index (χ3n) is 5.25. The minimum absolute atomic E-state index is 0.314. The van der Waals surface area contributed by atoms with Crippen LogP contribution in [0, 0.1) is 5.82 Å². The van der Waals surface area contributed by atoms with Crippen molar-refractivity contribution in [1.82, 2.24) is 9.88 Å². The van der Waals surface area contributed by atoms with Crippen LogP contribution in [0.25, 0.3) is 11.1 Å². The monoisotopic (exact) mass is 378 g/mol. The summed E-state index contributed by atoms with van der Waals surface area (Å²) < 4.78 is 18.9. The maximum atomic E-state index is 13.5. The second-order valence-corrected chi connectivity index (χ2v) is 7.07. The van der Waals surface area contributed by atoms with Crippen molar-refractivity contribution in [2.24, 2.45) is 0 Å². The van der Waals surface area contributed by atoms with Crippen molar-refractivity contribution < 1.29 is 14.2 Å². The molecule has 2 aromatic carbocycles. The summed E-state index contributed by atoms with van der Waals surface area (Å²) in [4.78, 5) is 6.24. The molecule has 0 aliphatic carbocycles. The van der Waals surface area contributed by atoms with Gasteiger partial charge < -0.3 is 9.84 Å². The highest BCUT2D eigenvalue weighted by atomic mass is 19.1. The van der Waals surface area contributed by atoms with Gasteiger partial charge in [0.05, 0.1) is 13.2 Å². The van der Waals surface area contributed by atoms with Crippen LogP contribution in [0.15, 0.2) is 73.1 Å². The first kappa shape index (κ1) is 18.7. The Morgan fingerprint density at radius 2 is 1.39 bits per heavy atom. The molecule has 28 heavy (non-hydrogen) atoms. The molecule has 0 saturated carbocycles. The molecule has 1 saturated heterocycles. The number of pyridine rings is 1. The fourth-order valence-electron chi connectivity index (χ4n) is 3.64. The van der Waals surface area contributed by atoms with Crippen LogP contribution in [0.2, 0.25) is 0 Å². The molecule has 4 rings (SSSR count). The van der Waals surface area contributed by atoms with Gasteiger partial charge >= 0.3 is 0 Å². The van der Waals surface area contributed by atoms with Crippen LogP contribution in [0.5, 0.6) is 0 Å². The molecule has 0 spiro atoms. The van der Waals surface area contributed by atoms with Gasteiger partial charge in [-0.1, -0.05) is 36.4 Å². The van der Waals surface area contributed by atoms with Gasteiger partial charge in [0.25, 0.3) is 0 Å². The summed E-state index contributed by atoms with van der Waals surface area (Å²) in [7, 11) is 0. The molecule has 2 heterocycles. The lowest BCUT2D eigenvalue weighted by molar-refractivity contribution is -0.0148. The molecule has 4 nitrogen and oxygen atoms in total. The Morgan fingerprint density at radius 3 is 2.00 bits per heavy atom. The Balaban J connectivity index is 1.69. The van der Waals surface area contributed by atoms with Crippen LogP contribution < -0.4 is 0 Å². The van der Waals surface area contributed by atoms with E-state index in [1.807, 2.05) is 36.4 Å². The predicted molar refractivity (Wildman–Crippen MR) is 106 cm³/mol. The quantitative estimate of drug-likeness (QED) is 0.739. The number of benzene rings is 2. The van der Waals surface area contributed by atoms with Gasteiger partial charge in [-0.3, -0.25) is 9.88 Å². The number of hydrogen-bond donors (Lipinski definition) is 1. The summed E-state index contributed by atoms with van der Waals surface area (Å²) in [6.45, 7) is 3.26. The van der Waals surface area contributed by atoms with E-state index in [9.17, 15) is 9.50 Å². The fourth-order valence-corrected chi connectivity index (χ4v) is 3.64. The summed E-state index contributed by atoms with van der Waals surface area (Å²) in [5.74, 6) is -0.314. The lowest BCUT2D eigenvalue weighted by Gasteiger charge is -2.37. The molecule has 1 aromatic heterocycles. The number of aromatic nitrogens is 1. The average molecular weight is 378 g/mol. The molecule has 5 heteroatoms. The lowest BCUT2D eigenvalue weighted by Crippen LogP contribution is -2.46. The molecule has 1 fully saturated rings. The van der Waals surface area contributed by atoms with E-state index in [2.05, 4.69) is 9.88 Å². The van der Waals surface area contributed by atoms with E-state index in [1.165, 1.54) is 12.1 Å². The maximum absolute atomic E-state index is 13.5. The first-order valence-corrected chi connectivity index (χ1v) is 9.45. The van der Waals surface area contributed by atoms with Crippen LogP contribution in [-0.2, 0) is 10.3 Å². The number of β-amino-alcohol motifs (C(OH)–C–C–N with tert-alkyl or cyclic N) is 1. The van der Waals surface area contributed by atoms with Gasteiger partial charge in [-0.05, 0) is 46.5 Å². The number of ether oxygens (including phenoxy) is 1. The highest BCUT2D eigenvalue weighted by molar-refractivity contribution is 5.63. The van der Waals surface area contributed by atoms with Crippen molar-refractivity contribution in [3.63, 3.8) is 0 Å². The summed E-state index contributed by atoms with van der Waals surface area (Å²) in [5, 5.41) is 11.7. The van der Waals surface area contributed by atoms with Gasteiger partial charge in [-0.2, -0.15) is 0 Å². The van der Waals surface area contributed by atoms with Crippen molar-refractivity contribution >= 4 is 0 Å². The molecule has 0 amide bonds. The van der Waals surface area contributed by atoms with Crippen LogP contribution >= 0.6 is 0 Å². The molecule has 1 aliphatic rings. The topological polar surface area (TPSA) is 45.6 Å². The molecule has 1 unspecified atom stereocenters. The number of rotatable bonds is 5. The highest BCUT2D eigenvalue weighted by Gasteiger charge is 2.34. The van der Waals surface area contributed by atoms with Gasteiger partial charge in [0.1, 0.15) is 11.4 Å². The molecular formula is C23H23FN2O2. The minimum Gasteiger partial charge on any atom is -0.379 e. The molecular weight excluding hydrogens is 355 g/mol. The summed E-state index contributed by atoms with van der Waals surface area (Å²) in [6, 6.07) is 17.9. The van der Waals surface area contributed by atoms with E-state index >= 15 is 0 Å². The predicted octanol–water partition coefficient (Wildman–Crippen LogP) is 3.46. The number of nitrogens with zero attached hydrogens (tertiary/aromatic N) is 2. The van der Waals surface area contributed by atoms with Crippen molar-refractivity contribution in [3.05, 3.63) is 90.0 Å². The van der Waals surface area contributed by atoms with E-state index in [1.54, 1.807) is 24.5 Å². The molecule has 0 bridgehead atoms. The first-order valence-electron chi connectivity index (χ1n) is 9.45. The molecule has 1 N–H and O–H groups in total. The molecule has 1 aliphatic heterocycles. The molecule has 1 atom stereocenters. The van der Waals surface area contributed by atoms with Crippen LogP contribution in [0.1, 0.15) is 11.1 Å². The van der Waals surface area contributed by atoms with E-state index in [-0.39, 0.29) is 5.82 Å².